The lowest BCUT2D eigenvalue weighted by atomic mass is 10.1. The minimum absolute atomic E-state index is 0.229. The molecule has 1 saturated carbocycles. The monoisotopic (exact) mass is 361 g/mol. The van der Waals surface area contributed by atoms with Gasteiger partial charge in [-0.15, -0.1) is 0 Å². The van der Waals surface area contributed by atoms with Crippen LogP contribution in [0, 0.1) is 5.82 Å². The van der Waals surface area contributed by atoms with Crippen LogP contribution in [-0.4, -0.2) is 47.6 Å². The number of carbonyl (C=O) groups is 1. The molecule has 7 heteroatoms. The van der Waals surface area contributed by atoms with Gasteiger partial charge in [0.1, 0.15) is 35.6 Å². The molecule has 2 aromatic carbocycles. The highest BCUT2D eigenvalue weighted by Gasteiger charge is 2.43. The Balaban J connectivity index is 1.65. The van der Waals surface area contributed by atoms with Crippen molar-refractivity contribution < 1.29 is 28.9 Å². The summed E-state index contributed by atoms with van der Waals surface area (Å²) in [7, 11) is 1.54. The molecule has 3 N–H and O–H groups in total. The number of ether oxygens (including phenoxy) is 2. The van der Waals surface area contributed by atoms with E-state index >= 15 is 0 Å². The first-order valence-electron chi connectivity index (χ1n) is 8.21. The Hall–Kier alpha value is -2.64. The van der Waals surface area contributed by atoms with Crippen molar-refractivity contribution >= 4 is 5.91 Å². The molecule has 1 aliphatic rings. The van der Waals surface area contributed by atoms with E-state index in [9.17, 15) is 19.4 Å². The summed E-state index contributed by atoms with van der Waals surface area (Å²) in [6, 6.07) is 11.3. The number of rotatable bonds is 5. The predicted molar refractivity (Wildman–Crippen MR) is 91.7 cm³/mol. The number of hydrogen-bond donors (Lipinski definition) is 3. The molecular formula is C19H20FNO5. The van der Waals surface area contributed by atoms with Crippen molar-refractivity contribution in [3.05, 3.63) is 59.9 Å². The summed E-state index contributed by atoms with van der Waals surface area (Å²) < 4.78 is 23.8. The van der Waals surface area contributed by atoms with E-state index in [0.29, 0.717) is 11.5 Å². The Kier molecular flexibility index (Phi) is 5.39. The largest absolute Gasteiger partial charge is 0.497 e. The van der Waals surface area contributed by atoms with Crippen molar-refractivity contribution in [2.75, 3.05) is 7.11 Å². The van der Waals surface area contributed by atoms with Gasteiger partial charge in [-0.2, -0.15) is 0 Å². The molecule has 0 spiro atoms. The smallest absolute Gasteiger partial charge is 0.251 e. The van der Waals surface area contributed by atoms with Crippen molar-refractivity contribution in [1.29, 1.82) is 0 Å². The SMILES string of the molecule is COc1cccc(O[C@@H]2C[C@@H](NC(=O)c3ccc(F)cc3)[C@H](O)[C@H]2O)c1. The van der Waals surface area contributed by atoms with E-state index in [0.717, 1.165) is 0 Å². The van der Waals surface area contributed by atoms with E-state index in [2.05, 4.69) is 5.32 Å². The molecule has 0 unspecified atom stereocenters. The van der Waals surface area contributed by atoms with Gasteiger partial charge < -0.3 is 25.0 Å². The van der Waals surface area contributed by atoms with E-state index in [1.807, 2.05) is 0 Å². The molecule has 1 fully saturated rings. The number of carbonyl (C=O) groups excluding carboxylic acids is 1. The van der Waals surface area contributed by atoms with Crippen LogP contribution in [0.3, 0.4) is 0 Å². The molecule has 6 nitrogen and oxygen atoms in total. The highest BCUT2D eigenvalue weighted by Crippen LogP contribution is 2.28. The van der Waals surface area contributed by atoms with Crippen LogP contribution in [0.25, 0.3) is 0 Å². The second kappa shape index (κ2) is 7.72. The highest BCUT2D eigenvalue weighted by atomic mass is 19.1. The number of benzene rings is 2. The lowest BCUT2D eigenvalue weighted by Crippen LogP contribution is -2.43. The van der Waals surface area contributed by atoms with E-state index in [1.54, 1.807) is 24.3 Å². The summed E-state index contributed by atoms with van der Waals surface area (Å²) in [5, 5.41) is 23.1. The van der Waals surface area contributed by atoms with Crippen LogP contribution in [0.5, 0.6) is 11.5 Å². The van der Waals surface area contributed by atoms with Gasteiger partial charge in [0, 0.05) is 18.1 Å². The normalized spacial score (nSPS) is 24.9. The Labute approximate surface area is 150 Å². The van der Waals surface area contributed by atoms with Gasteiger partial charge in [-0.25, -0.2) is 4.39 Å². The van der Waals surface area contributed by atoms with E-state index < -0.39 is 36.1 Å². The van der Waals surface area contributed by atoms with E-state index in [4.69, 9.17) is 9.47 Å². The lowest BCUT2D eigenvalue weighted by molar-refractivity contribution is -0.0135. The number of aliphatic hydroxyl groups is 2. The van der Waals surface area contributed by atoms with Crippen LogP contribution in [0.1, 0.15) is 16.8 Å². The molecule has 0 bridgehead atoms. The minimum Gasteiger partial charge on any atom is -0.497 e. The minimum atomic E-state index is -1.17. The van der Waals surface area contributed by atoms with Crippen LogP contribution in [-0.2, 0) is 0 Å². The summed E-state index contributed by atoms with van der Waals surface area (Å²) in [5.41, 5.74) is 0.269. The fraction of sp³-hybridized carbons (Fsp3) is 0.316. The first kappa shape index (κ1) is 18.2. The zero-order valence-electron chi connectivity index (χ0n) is 14.1. The Morgan fingerprint density at radius 2 is 1.81 bits per heavy atom. The number of methoxy groups -OCH3 is 1. The number of amides is 1. The van der Waals surface area contributed by atoms with Gasteiger partial charge in [0.2, 0.25) is 0 Å². The number of nitrogens with one attached hydrogen (secondary N) is 1. The zero-order chi connectivity index (χ0) is 18.7. The average Bonchev–Trinajstić information content (AvgIpc) is 2.90. The fourth-order valence-corrected chi connectivity index (χ4v) is 2.95. The zero-order valence-corrected chi connectivity index (χ0v) is 14.1. The Morgan fingerprint density at radius 1 is 1.12 bits per heavy atom. The highest BCUT2D eigenvalue weighted by molar-refractivity contribution is 5.94. The maximum atomic E-state index is 13.0. The van der Waals surface area contributed by atoms with Gasteiger partial charge in [-0.1, -0.05) is 6.07 Å². The van der Waals surface area contributed by atoms with Crippen molar-refractivity contribution in [2.45, 2.75) is 30.8 Å². The molecule has 0 heterocycles. The van der Waals surface area contributed by atoms with Crippen LogP contribution in [0.2, 0.25) is 0 Å². The molecule has 138 valence electrons. The van der Waals surface area contributed by atoms with Gasteiger partial charge >= 0.3 is 0 Å². The third kappa shape index (κ3) is 3.95. The Morgan fingerprint density at radius 3 is 2.50 bits per heavy atom. The number of halogens is 1. The summed E-state index contributed by atoms with van der Waals surface area (Å²) >= 11 is 0. The van der Waals surface area contributed by atoms with E-state index in [-0.39, 0.29) is 12.0 Å². The van der Waals surface area contributed by atoms with E-state index in [1.165, 1.54) is 31.4 Å². The summed E-state index contributed by atoms with van der Waals surface area (Å²) in [4.78, 5) is 12.2. The first-order chi connectivity index (χ1) is 12.5. The molecule has 4 atom stereocenters. The topological polar surface area (TPSA) is 88.0 Å². The molecule has 3 rings (SSSR count). The van der Waals surface area contributed by atoms with Gasteiger partial charge in [0.15, 0.2) is 0 Å². The first-order valence-corrected chi connectivity index (χ1v) is 8.21. The van der Waals surface area contributed by atoms with Gasteiger partial charge in [0.25, 0.3) is 5.91 Å². The van der Waals surface area contributed by atoms with Gasteiger partial charge in [-0.3, -0.25) is 4.79 Å². The molecule has 0 aromatic heterocycles. The maximum Gasteiger partial charge on any atom is 0.251 e. The summed E-state index contributed by atoms with van der Waals surface area (Å²) in [6.45, 7) is 0. The average molecular weight is 361 g/mol. The molecule has 1 amide bonds. The molecule has 2 aromatic rings. The quantitative estimate of drug-likeness (QED) is 0.751. The van der Waals surface area contributed by atoms with Gasteiger partial charge in [-0.05, 0) is 36.4 Å². The molecule has 1 aliphatic carbocycles. The van der Waals surface area contributed by atoms with Crippen molar-refractivity contribution in [3.63, 3.8) is 0 Å². The molecule has 0 aliphatic heterocycles. The molecular weight excluding hydrogens is 341 g/mol. The number of hydrogen-bond acceptors (Lipinski definition) is 5. The van der Waals surface area contributed by atoms with Crippen LogP contribution >= 0.6 is 0 Å². The fourth-order valence-electron chi connectivity index (χ4n) is 2.95. The van der Waals surface area contributed by atoms with Gasteiger partial charge in [0.05, 0.1) is 13.2 Å². The second-order valence-electron chi connectivity index (χ2n) is 6.14. The molecule has 0 saturated heterocycles. The van der Waals surface area contributed by atoms with Crippen LogP contribution in [0.15, 0.2) is 48.5 Å². The molecule has 26 heavy (non-hydrogen) atoms. The van der Waals surface area contributed by atoms with Crippen LogP contribution in [0.4, 0.5) is 4.39 Å². The third-order valence-corrected chi connectivity index (χ3v) is 4.38. The summed E-state index contributed by atoms with van der Waals surface area (Å²) in [5.74, 6) is 0.204. The van der Waals surface area contributed by atoms with Crippen molar-refractivity contribution in [3.8, 4) is 11.5 Å². The molecule has 0 radical (unpaired) electrons. The predicted octanol–water partition coefficient (Wildman–Crippen LogP) is 1.51. The van der Waals surface area contributed by atoms with Crippen molar-refractivity contribution in [1.82, 2.24) is 5.32 Å². The number of aliphatic hydroxyl groups excluding tert-OH is 2. The lowest BCUT2D eigenvalue weighted by Gasteiger charge is -2.18. The van der Waals surface area contributed by atoms with Crippen molar-refractivity contribution in [2.24, 2.45) is 0 Å². The summed E-state index contributed by atoms with van der Waals surface area (Å²) in [6.07, 6.45) is -2.78. The Bertz CT molecular complexity index is 767. The van der Waals surface area contributed by atoms with Crippen LogP contribution < -0.4 is 14.8 Å². The standard InChI is InChI=1S/C19H20FNO5/c1-25-13-3-2-4-14(9-13)26-16-10-15(17(22)18(16)23)21-19(24)11-5-7-12(20)8-6-11/h2-9,15-18,22-23H,10H2,1H3,(H,21,24)/t15-,16-,17+,18+/m1/s1. The maximum absolute atomic E-state index is 13.0. The second-order valence-corrected chi connectivity index (χ2v) is 6.14. The third-order valence-electron chi connectivity index (χ3n) is 4.38.